The molecule has 2 nitrogen and oxygen atoms in total. The molecule has 0 aromatic heterocycles. The number of piperidine rings is 1. The highest BCUT2D eigenvalue weighted by atomic mass is 35.5. The van der Waals surface area contributed by atoms with E-state index in [1.54, 1.807) is 12.1 Å². The minimum atomic E-state index is -0.478. The lowest BCUT2D eigenvalue weighted by Gasteiger charge is -2.36. The minimum absolute atomic E-state index is 0.478. The molecule has 0 amide bonds. The summed E-state index contributed by atoms with van der Waals surface area (Å²) in [5.41, 5.74) is 0.399. The van der Waals surface area contributed by atoms with Crippen LogP contribution in [0.3, 0.4) is 0 Å². The summed E-state index contributed by atoms with van der Waals surface area (Å²) in [5.74, 6) is 0. The van der Waals surface area contributed by atoms with E-state index in [-0.39, 0.29) is 0 Å². The molecule has 17 heavy (non-hydrogen) atoms. The van der Waals surface area contributed by atoms with Crippen LogP contribution in [0.15, 0.2) is 18.2 Å². The number of hydrogen-bond donors (Lipinski definition) is 0. The highest BCUT2D eigenvalue weighted by Gasteiger charge is 2.37. The monoisotopic (exact) mass is 268 g/mol. The molecule has 1 fully saturated rings. The number of hydrogen-bond acceptors (Lipinski definition) is 2. The molecule has 1 heterocycles. The van der Waals surface area contributed by atoms with Crippen molar-refractivity contribution in [1.82, 2.24) is 4.90 Å². The summed E-state index contributed by atoms with van der Waals surface area (Å²) in [5, 5.41) is 10.8. The Kier molecular flexibility index (Phi) is 3.63. The number of benzene rings is 1. The predicted molar refractivity (Wildman–Crippen MR) is 70.5 cm³/mol. The van der Waals surface area contributed by atoms with Crippen molar-refractivity contribution >= 4 is 23.2 Å². The van der Waals surface area contributed by atoms with Crippen molar-refractivity contribution in [2.45, 2.75) is 18.3 Å². The van der Waals surface area contributed by atoms with Crippen LogP contribution in [-0.2, 0) is 5.41 Å². The zero-order valence-electron chi connectivity index (χ0n) is 9.71. The number of halogens is 2. The van der Waals surface area contributed by atoms with Gasteiger partial charge in [0.25, 0.3) is 0 Å². The Bertz CT molecular complexity index is 457. The third-order valence-electron chi connectivity index (χ3n) is 3.50. The lowest BCUT2D eigenvalue weighted by molar-refractivity contribution is 0.222. The molecule has 1 aromatic carbocycles. The molecule has 0 radical (unpaired) electrons. The topological polar surface area (TPSA) is 27.0 Å². The Morgan fingerprint density at radius 1 is 1.29 bits per heavy atom. The van der Waals surface area contributed by atoms with Gasteiger partial charge in [-0.15, -0.1) is 0 Å². The maximum Gasteiger partial charge on any atom is 0.0861 e. The average Bonchev–Trinajstić information content (AvgIpc) is 2.34. The second-order valence-corrected chi connectivity index (χ2v) is 5.46. The summed E-state index contributed by atoms with van der Waals surface area (Å²) < 4.78 is 0. The van der Waals surface area contributed by atoms with Gasteiger partial charge in [0.2, 0.25) is 0 Å². The van der Waals surface area contributed by atoms with Gasteiger partial charge in [0.05, 0.1) is 11.5 Å². The second-order valence-electron chi connectivity index (χ2n) is 4.62. The molecular formula is C13H14Cl2N2. The van der Waals surface area contributed by atoms with Gasteiger partial charge in [0.1, 0.15) is 0 Å². The molecule has 4 heteroatoms. The zero-order valence-corrected chi connectivity index (χ0v) is 11.2. The van der Waals surface area contributed by atoms with Gasteiger partial charge in [-0.25, -0.2) is 0 Å². The van der Waals surface area contributed by atoms with Crippen molar-refractivity contribution in [3.63, 3.8) is 0 Å². The zero-order chi connectivity index (χ0) is 12.5. The van der Waals surface area contributed by atoms with Gasteiger partial charge in [-0.05, 0) is 56.7 Å². The summed E-state index contributed by atoms with van der Waals surface area (Å²) in [4.78, 5) is 2.23. The molecule has 0 saturated carbocycles. The molecule has 0 N–H and O–H groups in total. The van der Waals surface area contributed by atoms with Gasteiger partial charge in [-0.3, -0.25) is 0 Å². The predicted octanol–water partition coefficient (Wildman–Crippen LogP) is 3.48. The smallest absolute Gasteiger partial charge is 0.0861 e. The van der Waals surface area contributed by atoms with Gasteiger partial charge >= 0.3 is 0 Å². The normalized spacial score (nSPS) is 19.9. The lowest BCUT2D eigenvalue weighted by atomic mass is 9.74. The van der Waals surface area contributed by atoms with Crippen LogP contribution in [-0.4, -0.2) is 25.0 Å². The van der Waals surface area contributed by atoms with E-state index in [0.29, 0.717) is 10.0 Å². The van der Waals surface area contributed by atoms with Crippen LogP contribution >= 0.6 is 23.2 Å². The van der Waals surface area contributed by atoms with Crippen LogP contribution < -0.4 is 0 Å². The van der Waals surface area contributed by atoms with Crippen molar-refractivity contribution in [2.24, 2.45) is 0 Å². The van der Waals surface area contributed by atoms with E-state index >= 15 is 0 Å². The van der Waals surface area contributed by atoms with E-state index in [2.05, 4.69) is 18.0 Å². The third-order valence-corrected chi connectivity index (χ3v) is 4.06. The van der Waals surface area contributed by atoms with Crippen molar-refractivity contribution in [2.75, 3.05) is 20.1 Å². The van der Waals surface area contributed by atoms with Gasteiger partial charge < -0.3 is 4.90 Å². The summed E-state index contributed by atoms with van der Waals surface area (Å²) in [6.45, 7) is 1.83. The van der Waals surface area contributed by atoms with Gasteiger partial charge in [-0.2, -0.15) is 5.26 Å². The van der Waals surface area contributed by atoms with E-state index in [4.69, 9.17) is 23.2 Å². The maximum atomic E-state index is 9.53. The molecule has 1 aliphatic heterocycles. The molecule has 1 aliphatic rings. The molecule has 0 unspecified atom stereocenters. The Balaban J connectivity index is 2.42. The SMILES string of the molecule is CN1CCC(C#N)(c2cc(Cl)ccc2Cl)CC1. The van der Waals surface area contributed by atoms with Gasteiger partial charge in [0.15, 0.2) is 0 Å². The summed E-state index contributed by atoms with van der Waals surface area (Å²) in [6.07, 6.45) is 1.61. The Hall–Kier alpha value is -0.750. The molecule has 90 valence electrons. The minimum Gasteiger partial charge on any atom is -0.306 e. The molecule has 0 aliphatic carbocycles. The first-order valence-corrected chi connectivity index (χ1v) is 6.38. The third kappa shape index (κ3) is 2.42. The molecule has 0 atom stereocenters. The maximum absolute atomic E-state index is 9.53. The molecule has 1 saturated heterocycles. The van der Waals surface area contributed by atoms with E-state index in [1.165, 1.54) is 0 Å². The van der Waals surface area contributed by atoms with Crippen LogP contribution in [0.25, 0.3) is 0 Å². The molecule has 0 spiro atoms. The quantitative estimate of drug-likeness (QED) is 0.780. The molecule has 0 bridgehead atoms. The summed E-state index contributed by atoms with van der Waals surface area (Å²) in [6, 6.07) is 7.82. The standard InChI is InChI=1S/C13H14Cl2N2/c1-17-6-4-13(9-16,5-7-17)11-8-10(14)2-3-12(11)15/h2-3,8H,4-7H2,1H3. The summed E-state index contributed by atoms with van der Waals surface area (Å²) >= 11 is 12.2. The van der Waals surface area contributed by atoms with Crippen LogP contribution in [0, 0.1) is 11.3 Å². The first-order valence-electron chi connectivity index (χ1n) is 5.63. The first-order chi connectivity index (χ1) is 8.07. The number of nitriles is 1. The second kappa shape index (κ2) is 4.86. The Morgan fingerprint density at radius 3 is 2.53 bits per heavy atom. The van der Waals surface area contributed by atoms with Crippen LogP contribution in [0.4, 0.5) is 0 Å². The van der Waals surface area contributed by atoms with Crippen molar-refractivity contribution in [3.8, 4) is 6.07 Å². The number of rotatable bonds is 1. The van der Waals surface area contributed by atoms with E-state index in [0.717, 1.165) is 31.5 Å². The van der Waals surface area contributed by atoms with Crippen LogP contribution in [0.2, 0.25) is 10.0 Å². The van der Waals surface area contributed by atoms with Crippen molar-refractivity contribution in [1.29, 1.82) is 5.26 Å². The van der Waals surface area contributed by atoms with E-state index < -0.39 is 5.41 Å². The Morgan fingerprint density at radius 2 is 1.94 bits per heavy atom. The molecular weight excluding hydrogens is 255 g/mol. The lowest BCUT2D eigenvalue weighted by Crippen LogP contribution is -2.40. The highest BCUT2D eigenvalue weighted by molar-refractivity contribution is 6.33. The Labute approximate surface area is 112 Å². The molecule has 1 aromatic rings. The highest BCUT2D eigenvalue weighted by Crippen LogP contribution is 2.39. The fourth-order valence-corrected chi connectivity index (χ4v) is 2.78. The fraction of sp³-hybridized carbons (Fsp3) is 0.462. The number of likely N-dealkylation sites (tertiary alicyclic amines) is 1. The van der Waals surface area contributed by atoms with E-state index in [1.807, 2.05) is 6.07 Å². The first kappa shape index (κ1) is 12.7. The van der Waals surface area contributed by atoms with Crippen LogP contribution in [0.1, 0.15) is 18.4 Å². The van der Waals surface area contributed by atoms with Crippen LogP contribution in [0.5, 0.6) is 0 Å². The number of nitrogens with zero attached hydrogens (tertiary/aromatic N) is 2. The fourth-order valence-electron chi connectivity index (χ4n) is 2.31. The largest absolute Gasteiger partial charge is 0.306 e. The molecule has 2 rings (SSSR count). The van der Waals surface area contributed by atoms with Gasteiger partial charge in [0, 0.05) is 10.0 Å². The average molecular weight is 269 g/mol. The van der Waals surface area contributed by atoms with Crippen molar-refractivity contribution < 1.29 is 0 Å². The van der Waals surface area contributed by atoms with Gasteiger partial charge in [-0.1, -0.05) is 23.2 Å². The summed E-state index contributed by atoms with van der Waals surface area (Å²) in [7, 11) is 2.07. The van der Waals surface area contributed by atoms with Crippen molar-refractivity contribution in [3.05, 3.63) is 33.8 Å². The van der Waals surface area contributed by atoms with E-state index in [9.17, 15) is 5.26 Å².